The van der Waals surface area contributed by atoms with E-state index in [1.807, 2.05) is 0 Å². The molecule has 146 valence electrons. The van der Waals surface area contributed by atoms with Crippen molar-refractivity contribution in [3.05, 3.63) is 42.5 Å². The van der Waals surface area contributed by atoms with Crippen LogP contribution in [0.5, 0.6) is 5.75 Å². The van der Waals surface area contributed by atoms with Gasteiger partial charge in [-0.3, -0.25) is 0 Å². The van der Waals surface area contributed by atoms with Crippen molar-refractivity contribution < 1.29 is 13.2 Å². The highest BCUT2D eigenvalue weighted by molar-refractivity contribution is 7.94. The van der Waals surface area contributed by atoms with Crippen LogP contribution in [0.1, 0.15) is 6.42 Å². The SMILES string of the molecule is COc1cccc(N(Cl)S(=O)(=O)c2ccc(N3CCCNCC3)c(N)c2)c1. The van der Waals surface area contributed by atoms with Crippen molar-refractivity contribution in [2.75, 3.05) is 47.7 Å². The minimum atomic E-state index is -3.96. The third-order valence-corrected chi connectivity index (χ3v) is 6.67. The lowest BCUT2D eigenvalue weighted by Crippen LogP contribution is -2.28. The molecule has 1 heterocycles. The highest BCUT2D eigenvalue weighted by atomic mass is 35.5. The lowest BCUT2D eigenvalue weighted by molar-refractivity contribution is 0.415. The van der Waals surface area contributed by atoms with Gasteiger partial charge in [-0.1, -0.05) is 6.07 Å². The Morgan fingerprint density at radius 3 is 2.74 bits per heavy atom. The van der Waals surface area contributed by atoms with Crippen molar-refractivity contribution >= 4 is 38.9 Å². The molecule has 0 atom stereocenters. The number of hydrogen-bond acceptors (Lipinski definition) is 6. The first-order valence-electron chi connectivity index (χ1n) is 8.64. The van der Waals surface area contributed by atoms with E-state index in [0.717, 1.165) is 38.3 Å². The molecule has 1 aliphatic rings. The van der Waals surface area contributed by atoms with Gasteiger partial charge in [-0.15, -0.1) is 0 Å². The van der Waals surface area contributed by atoms with Crippen LogP contribution in [0.25, 0.3) is 0 Å². The predicted octanol–water partition coefficient (Wildman–Crippen LogP) is 2.43. The third-order valence-electron chi connectivity index (χ3n) is 4.44. The van der Waals surface area contributed by atoms with Crippen molar-refractivity contribution in [1.29, 1.82) is 0 Å². The lowest BCUT2D eigenvalue weighted by atomic mass is 10.2. The molecule has 0 unspecified atom stereocenters. The van der Waals surface area contributed by atoms with Crippen LogP contribution in [0.4, 0.5) is 17.1 Å². The smallest absolute Gasteiger partial charge is 0.278 e. The molecule has 0 spiro atoms. The van der Waals surface area contributed by atoms with E-state index in [1.54, 1.807) is 30.3 Å². The van der Waals surface area contributed by atoms with E-state index in [1.165, 1.54) is 19.2 Å². The molecule has 2 aromatic carbocycles. The Hall–Kier alpha value is -2.16. The van der Waals surface area contributed by atoms with E-state index in [0.29, 0.717) is 15.3 Å². The van der Waals surface area contributed by atoms with Gasteiger partial charge >= 0.3 is 0 Å². The summed E-state index contributed by atoms with van der Waals surface area (Å²) in [7, 11) is -2.46. The number of sulfonamides is 1. The summed E-state index contributed by atoms with van der Waals surface area (Å²) in [5.74, 6) is 0.512. The van der Waals surface area contributed by atoms with Gasteiger partial charge in [0.25, 0.3) is 10.0 Å². The molecule has 3 N–H and O–H groups in total. The van der Waals surface area contributed by atoms with Crippen molar-refractivity contribution in [3.63, 3.8) is 0 Å². The van der Waals surface area contributed by atoms with E-state index >= 15 is 0 Å². The van der Waals surface area contributed by atoms with Gasteiger partial charge in [0.2, 0.25) is 0 Å². The van der Waals surface area contributed by atoms with Crippen LogP contribution in [-0.2, 0) is 10.0 Å². The van der Waals surface area contributed by atoms with Crippen LogP contribution in [0.15, 0.2) is 47.4 Å². The molecule has 27 heavy (non-hydrogen) atoms. The number of nitrogens with one attached hydrogen (secondary N) is 1. The maximum absolute atomic E-state index is 12.9. The fourth-order valence-corrected chi connectivity index (χ4v) is 4.46. The van der Waals surface area contributed by atoms with E-state index in [4.69, 9.17) is 22.2 Å². The first-order valence-corrected chi connectivity index (χ1v) is 10.4. The molecule has 0 saturated carbocycles. The van der Waals surface area contributed by atoms with Gasteiger partial charge in [0.05, 0.1) is 29.1 Å². The molecule has 0 radical (unpaired) electrons. The van der Waals surface area contributed by atoms with Crippen LogP contribution in [-0.4, -0.2) is 41.7 Å². The second-order valence-corrected chi connectivity index (χ2v) is 8.56. The first kappa shape index (κ1) is 19.6. The standard InChI is InChI=1S/C18H23ClN4O3S/c1-26-15-5-2-4-14(12-15)23(19)27(24,25)16-6-7-18(17(20)13-16)22-10-3-8-21-9-11-22/h2,4-7,12-13,21H,3,8-11,20H2,1H3. The summed E-state index contributed by atoms with van der Waals surface area (Å²) >= 11 is 6.15. The van der Waals surface area contributed by atoms with Gasteiger partial charge < -0.3 is 20.7 Å². The second-order valence-electron chi connectivity index (χ2n) is 6.23. The maximum Gasteiger partial charge on any atom is 0.278 e. The Kier molecular flexibility index (Phi) is 5.98. The zero-order valence-corrected chi connectivity index (χ0v) is 16.6. The van der Waals surface area contributed by atoms with E-state index in [9.17, 15) is 8.42 Å². The van der Waals surface area contributed by atoms with Crippen molar-refractivity contribution in [1.82, 2.24) is 5.32 Å². The summed E-state index contributed by atoms with van der Waals surface area (Å²) in [5, 5.41) is 3.33. The molecule has 0 amide bonds. The van der Waals surface area contributed by atoms with Crippen LogP contribution in [0.3, 0.4) is 0 Å². The average molecular weight is 411 g/mol. The van der Waals surface area contributed by atoms with Gasteiger partial charge in [-0.2, -0.15) is 12.2 Å². The van der Waals surface area contributed by atoms with E-state index in [2.05, 4.69) is 10.2 Å². The summed E-state index contributed by atoms with van der Waals surface area (Å²) in [5.41, 5.74) is 7.71. The van der Waals surface area contributed by atoms with Crippen molar-refractivity contribution in [2.45, 2.75) is 11.3 Å². The highest BCUT2D eigenvalue weighted by Gasteiger charge is 2.25. The average Bonchev–Trinajstić information content (AvgIpc) is 2.96. The van der Waals surface area contributed by atoms with Crippen LogP contribution < -0.4 is 24.5 Å². The maximum atomic E-state index is 12.9. The first-order chi connectivity index (χ1) is 12.9. The largest absolute Gasteiger partial charge is 0.497 e. The number of ether oxygens (including phenoxy) is 1. The number of nitrogen functional groups attached to an aromatic ring is 1. The number of rotatable bonds is 5. The number of nitrogens with two attached hydrogens (primary N) is 1. The molecular weight excluding hydrogens is 388 g/mol. The Labute approximate surface area is 164 Å². The quantitative estimate of drug-likeness (QED) is 0.581. The third kappa shape index (κ3) is 4.23. The summed E-state index contributed by atoms with van der Waals surface area (Å²) < 4.78 is 31.6. The lowest BCUT2D eigenvalue weighted by Gasteiger charge is -2.24. The molecule has 9 heteroatoms. The topological polar surface area (TPSA) is 87.9 Å². The number of nitrogens with zero attached hydrogens (tertiary/aromatic N) is 2. The number of methoxy groups -OCH3 is 1. The fourth-order valence-electron chi connectivity index (χ4n) is 3.02. The summed E-state index contributed by atoms with van der Waals surface area (Å²) in [4.78, 5) is 2.20. The molecule has 2 aromatic rings. The van der Waals surface area contributed by atoms with Gasteiger partial charge in [-0.05, 0) is 43.3 Å². The molecule has 3 rings (SSSR count). The summed E-state index contributed by atoms with van der Waals surface area (Å²) in [6.07, 6.45) is 1.00. The minimum absolute atomic E-state index is 0.0366. The molecule has 0 aliphatic carbocycles. The minimum Gasteiger partial charge on any atom is -0.497 e. The van der Waals surface area contributed by atoms with Gasteiger partial charge in [0, 0.05) is 37.5 Å². The van der Waals surface area contributed by atoms with Crippen LogP contribution in [0, 0.1) is 0 Å². The van der Waals surface area contributed by atoms with Crippen molar-refractivity contribution in [3.8, 4) is 5.75 Å². The predicted molar refractivity (Wildman–Crippen MR) is 109 cm³/mol. The molecule has 1 aliphatic heterocycles. The number of halogens is 1. The fraction of sp³-hybridized carbons (Fsp3) is 0.333. The summed E-state index contributed by atoms with van der Waals surface area (Å²) in [6.45, 7) is 3.52. The van der Waals surface area contributed by atoms with Crippen LogP contribution in [0.2, 0.25) is 0 Å². The number of anilines is 3. The molecular formula is C18H23ClN4O3S. The van der Waals surface area contributed by atoms with E-state index < -0.39 is 10.0 Å². The van der Waals surface area contributed by atoms with E-state index in [-0.39, 0.29) is 10.6 Å². The van der Waals surface area contributed by atoms with Gasteiger partial charge in [0.15, 0.2) is 0 Å². The Balaban J connectivity index is 1.89. The zero-order valence-electron chi connectivity index (χ0n) is 15.1. The molecule has 1 fully saturated rings. The monoisotopic (exact) mass is 410 g/mol. The Morgan fingerprint density at radius 2 is 2.00 bits per heavy atom. The molecule has 0 bridgehead atoms. The normalized spacial score (nSPS) is 15.3. The highest BCUT2D eigenvalue weighted by Crippen LogP contribution is 2.32. The molecule has 1 saturated heterocycles. The zero-order chi connectivity index (χ0) is 19.4. The van der Waals surface area contributed by atoms with Crippen molar-refractivity contribution in [2.24, 2.45) is 0 Å². The Bertz CT molecular complexity index is 899. The number of hydrogen-bond donors (Lipinski definition) is 2. The molecule has 0 aromatic heterocycles. The molecule has 7 nitrogen and oxygen atoms in total. The Morgan fingerprint density at radius 1 is 1.19 bits per heavy atom. The van der Waals surface area contributed by atoms with Gasteiger partial charge in [-0.25, -0.2) is 0 Å². The van der Waals surface area contributed by atoms with Gasteiger partial charge in [0.1, 0.15) is 5.75 Å². The second kappa shape index (κ2) is 8.24. The number of benzene rings is 2. The van der Waals surface area contributed by atoms with Crippen LogP contribution >= 0.6 is 11.8 Å². The summed E-state index contributed by atoms with van der Waals surface area (Å²) in [6, 6.07) is 11.3.